The fourth-order valence-corrected chi connectivity index (χ4v) is 2.90. The Morgan fingerprint density at radius 3 is 2.50 bits per heavy atom. The van der Waals surface area contributed by atoms with Crippen LogP contribution in [0.5, 0.6) is 0 Å². The number of aromatic amines is 1. The van der Waals surface area contributed by atoms with Crippen LogP contribution < -0.4 is 0 Å². The Bertz CT molecular complexity index is 843. The minimum atomic E-state index is 0.358. The largest absolute Gasteiger partial charge is 0.282 e. The lowest BCUT2D eigenvalue weighted by molar-refractivity contribution is 0.723. The van der Waals surface area contributed by atoms with Gasteiger partial charge in [0.25, 0.3) is 0 Å². The summed E-state index contributed by atoms with van der Waals surface area (Å²) in [7, 11) is 0. The third-order valence-corrected chi connectivity index (χ3v) is 4.70. The van der Waals surface area contributed by atoms with Gasteiger partial charge in [-0.15, -0.1) is 0 Å². The van der Waals surface area contributed by atoms with Gasteiger partial charge in [-0.1, -0.05) is 62.0 Å². The molecular formula is C22H24N2. The lowest BCUT2D eigenvalue weighted by Crippen LogP contribution is -2.03. The molecular weight excluding hydrogens is 292 g/mol. The first-order valence-electron chi connectivity index (χ1n) is 8.40. The molecule has 122 valence electrons. The number of hydrogen-bond acceptors (Lipinski definition) is 1. The third kappa shape index (κ3) is 3.48. The number of aryl methyl sites for hydroxylation is 2. The molecule has 0 saturated carbocycles. The molecule has 2 aromatic carbocycles. The molecule has 0 fully saturated rings. The zero-order chi connectivity index (χ0) is 17.1. The van der Waals surface area contributed by atoms with Crippen molar-refractivity contribution in [1.29, 1.82) is 0 Å². The van der Waals surface area contributed by atoms with Crippen molar-refractivity contribution in [2.24, 2.45) is 5.92 Å². The van der Waals surface area contributed by atoms with Crippen LogP contribution in [0.3, 0.4) is 0 Å². The minimum Gasteiger partial charge on any atom is -0.282 e. The molecule has 24 heavy (non-hydrogen) atoms. The predicted molar refractivity (Wildman–Crippen MR) is 102 cm³/mol. The van der Waals surface area contributed by atoms with E-state index in [1.807, 2.05) is 18.2 Å². The van der Waals surface area contributed by atoms with Crippen LogP contribution in [0.25, 0.3) is 16.8 Å². The van der Waals surface area contributed by atoms with Crippen molar-refractivity contribution in [1.82, 2.24) is 10.2 Å². The minimum absolute atomic E-state index is 0.358. The van der Waals surface area contributed by atoms with Gasteiger partial charge in [0.2, 0.25) is 0 Å². The molecule has 0 aliphatic carbocycles. The quantitative estimate of drug-likeness (QED) is 0.653. The number of hydrogen-bond donors (Lipinski definition) is 1. The summed E-state index contributed by atoms with van der Waals surface area (Å²) in [5, 5.41) is 7.61. The molecule has 1 atom stereocenters. The maximum Gasteiger partial charge on any atom is 0.0923 e. The average Bonchev–Trinajstić information content (AvgIpc) is 3.06. The van der Waals surface area contributed by atoms with Crippen molar-refractivity contribution < 1.29 is 0 Å². The monoisotopic (exact) mass is 316 g/mol. The Kier molecular flexibility index (Phi) is 4.66. The first-order valence-corrected chi connectivity index (χ1v) is 8.40. The van der Waals surface area contributed by atoms with Crippen LogP contribution in [-0.4, -0.2) is 10.2 Å². The summed E-state index contributed by atoms with van der Waals surface area (Å²) in [6, 6.07) is 19.0. The van der Waals surface area contributed by atoms with E-state index in [-0.39, 0.29) is 0 Å². The van der Waals surface area contributed by atoms with E-state index in [9.17, 15) is 0 Å². The van der Waals surface area contributed by atoms with Gasteiger partial charge in [0.1, 0.15) is 0 Å². The third-order valence-electron chi connectivity index (χ3n) is 4.70. The summed E-state index contributed by atoms with van der Waals surface area (Å²) in [5.41, 5.74) is 8.32. The number of nitrogens with one attached hydrogen (secondary N) is 1. The van der Waals surface area contributed by atoms with Gasteiger partial charge in [0, 0.05) is 11.3 Å². The van der Waals surface area contributed by atoms with Gasteiger partial charge in [-0.05, 0) is 54.5 Å². The number of aromatic nitrogens is 2. The van der Waals surface area contributed by atoms with E-state index in [1.54, 1.807) is 0 Å². The van der Waals surface area contributed by atoms with Gasteiger partial charge in [-0.3, -0.25) is 5.10 Å². The normalized spacial score (nSPS) is 12.1. The fraction of sp³-hybridized carbons (Fsp3) is 0.227. The number of benzene rings is 2. The van der Waals surface area contributed by atoms with Crippen LogP contribution in [-0.2, 0) is 6.42 Å². The molecule has 0 aliphatic heterocycles. The molecule has 2 heteroatoms. The van der Waals surface area contributed by atoms with E-state index < -0.39 is 0 Å². The summed E-state index contributed by atoms with van der Waals surface area (Å²) in [6.45, 7) is 10.8. The Morgan fingerprint density at radius 1 is 1.04 bits per heavy atom. The highest BCUT2D eigenvalue weighted by atomic mass is 15.1. The Labute approximate surface area is 144 Å². The van der Waals surface area contributed by atoms with Crippen LogP contribution in [0, 0.1) is 19.8 Å². The van der Waals surface area contributed by atoms with E-state index in [0.29, 0.717) is 5.92 Å². The van der Waals surface area contributed by atoms with E-state index in [1.165, 1.54) is 22.3 Å². The highest BCUT2D eigenvalue weighted by Gasteiger charge is 2.13. The van der Waals surface area contributed by atoms with Crippen LogP contribution in [0.15, 0.2) is 61.2 Å². The zero-order valence-corrected chi connectivity index (χ0v) is 14.6. The zero-order valence-electron chi connectivity index (χ0n) is 14.6. The summed E-state index contributed by atoms with van der Waals surface area (Å²) in [4.78, 5) is 0. The Morgan fingerprint density at radius 2 is 1.79 bits per heavy atom. The predicted octanol–water partition coefficient (Wildman–Crippen LogP) is 5.59. The Hall–Kier alpha value is -2.61. The van der Waals surface area contributed by atoms with E-state index in [2.05, 4.69) is 73.9 Å². The molecule has 0 spiro atoms. The Balaban J connectivity index is 1.72. The van der Waals surface area contributed by atoms with Gasteiger partial charge < -0.3 is 0 Å². The molecule has 0 amide bonds. The topological polar surface area (TPSA) is 28.7 Å². The van der Waals surface area contributed by atoms with Crippen LogP contribution in [0.1, 0.15) is 29.3 Å². The second-order valence-corrected chi connectivity index (χ2v) is 6.57. The van der Waals surface area contributed by atoms with E-state index >= 15 is 0 Å². The number of H-pyrrole nitrogens is 1. The van der Waals surface area contributed by atoms with Gasteiger partial charge >= 0.3 is 0 Å². The van der Waals surface area contributed by atoms with Crippen molar-refractivity contribution in [3.63, 3.8) is 0 Å². The molecule has 3 rings (SSSR count). The molecule has 1 unspecified atom stereocenters. The first kappa shape index (κ1) is 16.3. The molecule has 1 N–H and O–H groups in total. The number of rotatable bonds is 5. The smallest absolute Gasteiger partial charge is 0.0923 e. The maximum atomic E-state index is 4.44. The highest BCUT2D eigenvalue weighted by Crippen LogP contribution is 2.27. The number of nitrogens with zero attached hydrogens (tertiary/aromatic N) is 1. The summed E-state index contributed by atoms with van der Waals surface area (Å²) in [5.74, 6) is 0.358. The van der Waals surface area contributed by atoms with Gasteiger partial charge in [-0.2, -0.15) is 5.10 Å². The average molecular weight is 316 g/mol. The molecule has 0 radical (unpaired) electrons. The van der Waals surface area contributed by atoms with Crippen LogP contribution >= 0.6 is 0 Å². The molecule has 0 bridgehead atoms. The molecule has 1 heterocycles. The molecule has 2 nitrogen and oxygen atoms in total. The molecule has 1 aromatic heterocycles. The van der Waals surface area contributed by atoms with Crippen molar-refractivity contribution in [3.8, 4) is 11.3 Å². The maximum absolute atomic E-state index is 4.44. The first-order chi connectivity index (χ1) is 11.5. The fourth-order valence-electron chi connectivity index (χ4n) is 2.90. The van der Waals surface area contributed by atoms with Crippen LogP contribution in [0.4, 0.5) is 0 Å². The van der Waals surface area contributed by atoms with Crippen molar-refractivity contribution in [3.05, 3.63) is 83.6 Å². The molecule has 0 aliphatic rings. The van der Waals surface area contributed by atoms with E-state index in [4.69, 9.17) is 0 Å². The summed E-state index contributed by atoms with van der Waals surface area (Å²) < 4.78 is 0. The highest BCUT2D eigenvalue weighted by molar-refractivity contribution is 5.66. The lowest BCUT2D eigenvalue weighted by atomic mass is 9.90. The summed E-state index contributed by atoms with van der Waals surface area (Å²) in [6.07, 6.45) is 0.908. The summed E-state index contributed by atoms with van der Waals surface area (Å²) >= 11 is 0. The van der Waals surface area contributed by atoms with Crippen molar-refractivity contribution in [2.75, 3.05) is 0 Å². The standard InChI is InChI=1S/C22H24N2/c1-15-10-11-20(12-16(15)2)18(4)17(3)13-21-14-22(24-23-21)19-8-6-5-7-9-19/h5-12,14,17H,4,13H2,1-3H3,(H,23,24). The van der Waals surface area contributed by atoms with Gasteiger partial charge in [0.15, 0.2) is 0 Å². The lowest BCUT2D eigenvalue weighted by Gasteiger charge is -2.15. The number of allylic oxidation sites excluding steroid dienone is 1. The second kappa shape index (κ2) is 6.88. The molecule has 0 saturated heterocycles. The second-order valence-electron chi connectivity index (χ2n) is 6.57. The van der Waals surface area contributed by atoms with Crippen molar-refractivity contribution >= 4 is 5.57 Å². The van der Waals surface area contributed by atoms with Crippen LogP contribution in [0.2, 0.25) is 0 Å². The molecule has 3 aromatic rings. The van der Waals surface area contributed by atoms with E-state index in [0.717, 1.165) is 23.4 Å². The SMILES string of the molecule is C=C(c1ccc(C)c(C)c1)C(C)Cc1cc(-c2ccccc2)n[nH]1. The van der Waals surface area contributed by atoms with Gasteiger partial charge in [-0.25, -0.2) is 0 Å². The van der Waals surface area contributed by atoms with Gasteiger partial charge in [0.05, 0.1) is 5.69 Å². The van der Waals surface area contributed by atoms with Crippen molar-refractivity contribution in [2.45, 2.75) is 27.2 Å².